The molecule has 122 valence electrons. The van der Waals surface area contributed by atoms with Crippen molar-refractivity contribution in [1.82, 2.24) is 14.9 Å². The van der Waals surface area contributed by atoms with Crippen molar-refractivity contribution >= 4 is 15.9 Å². The third kappa shape index (κ3) is 5.92. The van der Waals surface area contributed by atoms with E-state index in [9.17, 15) is 13.2 Å². The number of piperidine rings is 2. The number of rotatable bonds is 5. The number of sulfonamides is 1. The summed E-state index contributed by atoms with van der Waals surface area (Å²) in [6.45, 7) is 3.39. The van der Waals surface area contributed by atoms with Gasteiger partial charge < -0.3 is 10.2 Å². The number of nitrogens with one attached hydrogen (secondary N) is 2. The Morgan fingerprint density at radius 3 is 2.67 bits per heavy atom. The molecule has 0 aromatic carbocycles. The number of hydrogen-bond acceptors (Lipinski definition) is 4. The lowest BCUT2D eigenvalue weighted by atomic mass is 9.93. The zero-order valence-electron chi connectivity index (χ0n) is 12.8. The summed E-state index contributed by atoms with van der Waals surface area (Å²) in [4.78, 5) is 14.1. The zero-order valence-corrected chi connectivity index (χ0v) is 13.6. The van der Waals surface area contributed by atoms with Gasteiger partial charge in [0.15, 0.2) is 0 Å². The third-order valence-corrected chi connectivity index (χ3v) is 5.14. The highest BCUT2D eigenvalue weighted by Gasteiger charge is 2.25. The molecule has 1 atom stereocenters. The highest BCUT2D eigenvalue weighted by molar-refractivity contribution is 7.88. The van der Waals surface area contributed by atoms with Gasteiger partial charge in [0.05, 0.1) is 6.26 Å². The monoisotopic (exact) mass is 317 g/mol. The van der Waals surface area contributed by atoms with Gasteiger partial charge >= 0.3 is 0 Å². The molecule has 2 fully saturated rings. The maximum atomic E-state index is 12.3. The quantitative estimate of drug-likeness (QED) is 0.765. The van der Waals surface area contributed by atoms with Gasteiger partial charge in [-0.15, -0.1) is 0 Å². The molecule has 0 aliphatic carbocycles. The summed E-state index contributed by atoms with van der Waals surface area (Å²) >= 11 is 0. The first kappa shape index (κ1) is 16.7. The molecule has 6 nitrogen and oxygen atoms in total. The smallest absolute Gasteiger partial charge is 0.222 e. The Labute approximate surface area is 127 Å². The lowest BCUT2D eigenvalue weighted by molar-refractivity contribution is -0.132. The Morgan fingerprint density at radius 2 is 2.00 bits per heavy atom. The predicted octanol–water partition coefficient (Wildman–Crippen LogP) is 0.306. The molecule has 2 aliphatic rings. The highest BCUT2D eigenvalue weighted by Crippen LogP contribution is 2.19. The van der Waals surface area contributed by atoms with Gasteiger partial charge in [-0.2, -0.15) is 0 Å². The molecule has 7 heteroatoms. The molecule has 0 radical (unpaired) electrons. The SMILES string of the molecule is CS(=O)(=O)NC1CCCN(C(=O)CCC2CCNCC2)C1. The van der Waals surface area contributed by atoms with Crippen molar-refractivity contribution in [2.75, 3.05) is 32.4 Å². The molecule has 1 unspecified atom stereocenters. The van der Waals surface area contributed by atoms with Gasteiger partial charge in [0.1, 0.15) is 0 Å². The fraction of sp³-hybridized carbons (Fsp3) is 0.929. The van der Waals surface area contributed by atoms with Crippen LogP contribution >= 0.6 is 0 Å². The lowest BCUT2D eigenvalue weighted by Gasteiger charge is -2.33. The van der Waals surface area contributed by atoms with Crippen molar-refractivity contribution < 1.29 is 13.2 Å². The van der Waals surface area contributed by atoms with Crippen LogP contribution in [0.5, 0.6) is 0 Å². The Hall–Kier alpha value is -0.660. The first-order valence-electron chi connectivity index (χ1n) is 7.90. The van der Waals surface area contributed by atoms with Gasteiger partial charge in [-0.3, -0.25) is 4.79 Å². The molecule has 2 aliphatic heterocycles. The average Bonchev–Trinajstić information content (AvgIpc) is 2.44. The summed E-state index contributed by atoms with van der Waals surface area (Å²) in [5.41, 5.74) is 0. The molecular weight excluding hydrogens is 290 g/mol. The van der Waals surface area contributed by atoms with E-state index >= 15 is 0 Å². The van der Waals surface area contributed by atoms with Crippen molar-refractivity contribution in [3.63, 3.8) is 0 Å². The van der Waals surface area contributed by atoms with E-state index in [0.29, 0.717) is 18.9 Å². The predicted molar refractivity (Wildman–Crippen MR) is 82.4 cm³/mol. The minimum Gasteiger partial charge on any atom is -0.341 e. The molecular formula is C14H27N3O3S. The Balaban J connectivity index is 1.76. The van der Waals surface area contributed by atoms with E-state index in [1.807, 2.05) is 4.90 Å². The van der Waals surface area contributed by atoms with Crippen molar-refractivity contribution in [3.05, 3.63) is 0 Å². The molecule has 0 aromatic rings. The molecule has 2 rings (SSSR count). The summed E-state index contributed by atoms with van der Waals surface area (Å²) < 4.78 is 25.2. The topological polar surface area (TPSA) is 78.5 Å². The second kappa shape index (κ2) is 7.56. The number of amides is 1. The van der Waals surface area contributed by atoms with E-state index in [1.165, 1.54) is 6.26 Å². The minimum atomic E-state index is -3.20. The van der Waals surface area contributed by atoms with E-state index in [4.69, 9.17) is 0 Å². The number of hydrogen-bond donors (Lipinski definition) is 2. The molecule has 0 saturated carbocycles. The first-order valence-corrected chi connectivity index (χ1v) is 9.79. The van der Waals surface area contributed by atoms with E-state index in [-0.39, 0.29) is 11.9 Å². The van der Waals surface area contributed by atoms with Crippen LogP contribution < -0.4 is 10.0 Å². The van der Waals surface area contributed by atoms with Gasteiger partial charge in [-0.25, -0.2) is 13.1 Å². The second-order valence-electron chi connectivity index (χ2n) is 6.30. The third-order valence-electron chi connectivity index (χ3n) is 4.38. The maximum absolute atomic E-state index is 12.3. The second-order valence-corrected chi connectivity index (χ2v) is 8.08. The lowest BCUT2D eigenvalue weighted by Crippen LogP contribution is -2.49. The summed E-state index contributed by atoms with van der Waals surface area (Å²) in [5, 5.41) is 3.33. The molecule has 2 heterocycles. The summed E-state index contributed by atoms with van der Waals surface area (Å²) in [6.07, 6.45) is 6.72. The highest BCUT2D eigenvalue weighted by atomic mass is 32.2. The first-order chi connectivity index (χ1) is 9.94. The minimum absolute atomic E-state index is 0.128. The molecule has 0 bridgehead atoms. The fourth-order valence-electron chi connectivity index (χ4n) is 3.26. The fourth-order valence-corrected chi connectivity index (χ4v) is 4.06. The van der Waals surface area contributed by atoms with E-state index in [2.05, 4.69) is 10.0 Å². The Kier molecular flexibility index (Phi) is 6.01. The van der Waals surface area contributed by atoms with Gasteiger partial charge in [0.2, 0.25) is 15.9 Å². The largest absolute Gasteiger partial charge is 0.341 e. The van der Waals surface area contributed by atoms with Crippen LogP contribution in [-0.4, -0.2) is 57.7 Å². The van der Waals surface area contributed by atoms with E-state index < -0.39 is 10.0 Å². The van der Waals surface area contributed by atoms with E-state index in [0.717, 1.165) is 51.7 Å². The van der Waals surface area contributed by atoms with Gasteiger partial charge in [-0.1, -0.05) is 0 Å². The standard InChI is InChI=1S/C14H27N3O3S/c1-21(19,20)16-13-3-2-10-17(11-13)14(18)5-4-12-6-8-15-9-7-12/h12-13,15-16H,2-11H2,1H3. The van der Waals surface area contributed by atoms with Crippen LogP contribution in [0.25, 0.3) is 0 Å². The van der Waals surface area contributed by atoms with Crippen molar-refractivity contribution in [3.8, 4) is 0 Å². The zero-order chi connectivity index (χ0) is 15.3. The van der Waals surface area contributed by atoms with Crippen LogP contribution in [0.15, 0.2) is 0 Å². The van der Waals surface area contributed by atoms with E-state index in [1.54, 1.807) is 0 Å². The average molecular weight is 317 g/mol. The van der Waals surface area contributed by atoms with Crippen LogP contribution in [0.2, 0.25) is 0 Å². The van der Waals surface area contributed by atoms with Gasteiger partial charge in [0, 0.05) is 25.6 Å². The van der Waals surface area contributed by atoms with Crippen molar-refractivity contribution in [1.29, 1.82) is 0 Å². The molecule has 21 heavy (non-hydrogen) atoms. The number of likely N-dealkylation sites (tertiary alicyclic amines) is 1. The molecule has 2 N–H and O–H groups in total. The van der Waals surface area contributed by atoms with Crippen LogP contribution in [0.4, 0.5) is 0 Å². The summed E-state index contributed by atoms with van der Waals surface area (Å²) in [6, 6.07) is -0.128. The molecule has 0 spiro atoms. The van der Waals surface area contributed by atoms with Crippen LogP contribution in [0, 0.1) is 5.92 Å². The summed E-state index contributed by atoms with van der Waals surface area (Å²) in [7, 11) is -3.20. The molecule has 2 saturated heterocycles. The van der Waals surface area contributed by atoms with Crippen LogP contribution in [-0.2, 0) is 14.8 Å². The Bertz CT molecular complexity index is 446. The molecule has 0 aromatic heterocycles. The number of carbonyl (C=O) groups excluding carboxylic acids is 1. The van der Waals surface area contributed by atoms with Crippen LogP contribution in [0.3, 0.4) is 0 Å². The van der Waals surface area contributed by atoms with Gasteiger partial charge in [0.25, 0.3) is 0 Å². The maximum Gasteiger partial charge on any atom is 0.222 e. The normalized spacial score (nSPS) is 25.0. The van der Waals surface area contributed by atoms with Crippen LogP contribution in [0.1, 0.15) is 38.5 Å². The number of carbonyl (C=O) groups is 1. The molecule has 1 amide bonds. The van der Waals surface area contributed by atoms with Gasteiger partial charge in [-0.05, 0) is 51.1 Å². The van der Waals surface area contributed by atoms with Crippen molar-refractivity contribution in [2.45, 2.75) is 44.6 Å². The Morgan fingerprint density at radius 1 is 1.29 bits per heavy atom. The summed E-state index contributed by atoms with van der Waals surface area (Å²) in [5.74, 6) is 0.832. The number of nitrogens with zero attached hydrogens (tertiary/aromatic N) is 1. The van der Waals surface area contributed by atoms with Crippen molar-refractivity contribution in [2.24, 2.45) is 5.92 Å².